The van der Waals surface area contributed by atoms with Gasteiger partial charge >= 0.3 is 0 Å². The van der Waals surface area contributed by atoms with Gasteiger partial charge in [0.1, 0.15) is 0 Å². The fourth-order valence-electron chi connectivity index (χ4n) is 2.89. The zero-order chi connectivity index (χ0) is 10.8. The fraction of sp³-hybridized carbons (Fsp3) is 0.917. The quantitative estimate of drug-likeness (QED) is 0.763. The fourth-order valence-corrected chi connectivity index (χ4v) is 2.89. The lowest BCUT2D eigenvalue weighted by molar-refractivity contribution is -0.128. The second kappa shape index (κ2) is 4.52. The zero-order valence-corrected chi connectivity index (χ0v) is 9.83. The molecule has 0 radical (unpaired) electrons. The summed E-state index contributed by atoms with van der Waals surface area (Å²) in [6.07, 6.45) is 6.40. The summed E-state index contributed by atoms with van der Waals surface area (Å²) in [4.78, 5) is 13.6. The molecule has 0 aromatic carbocycles. The molecule has 1 amide bonds. The number of likely N-dealkylation sites (tertiary alicyclic amines) is 1. The second-order valence-corrected chi connectivity index (χ2v) is 5.10. The minimum absolute atomic E-state index is 0.0885. The lowest BCUT2D eigenvalue weighted by Crippen LogP contribution is -2.44. The van der Waals surface area contributed by atoms with Crippen molar-refractivity contribution in [2.45, 2.75) is 51.1 Å². The van der Waals surface area contributed by atoms with E-state index in [4.69, 9.17) is 0 Å². The molecule has 0 bridgehead atoms. The first-order valence-electron chi connectivity index (χ1n) is 6.19. The van der Waals surface area contributed by atoms with Crippen molar-refractivity contribution < 1.29 is 4.79 Å². The molecule has 15 heavy (non-hydrogen) atoms. The van der Waals surface area contributed by atoms with Gasteiger partial charge in [0, 0.05) is 19.6 Å². The zero-order valence-electron chi connectivity index (χ0n) is 9.83. The molecule has 1 N–H and O–H groups in total. The van der Waals surface area contributed by atoms with Gasteiger partial charge in [-0.15, -0.1) is 0 Å². The van der Waals surface area contributed by atoms with Crippen LogP contribution in [0.25, 0.3) is 0 Å². The van der Waals surface area contributed by atoms with Crippen molar-refractivity contribution in [3.8, 4) is 0 Å². The summed E-state index contributed by atoms with van der Waals surface area (Å²) in [5.74, 6) is 1.07. The van der Waals surface area contributed by atoms with Crippen molar-refractivity contribution in [2.75, 3.05) is 13.6 Å². The SMILES string of the molecule is C[C@@H](NC1CCN(C)C1=O)C1CCCC1. The number of likely N-dealkylation sites (N-methyl/N-ethyl adjacent to an activating group) is 1. The molecule has 0 spiro atoms. The molecule has 2 atom stereocenters. The van der Waals surface area contributed by atoms with Crippen LogP contribution in [0.2, 0.25) is 0 Å². The first-order chi connectivity index (χ1) is 7.18. The predicted octanol–water partition coefficient (Wildman–Crippen LogP) is 1.39. The van der Waals surface area contributed by atoms with E-state index in [0.29, 0.717) is 6.04 Å². The molecule has 3 heteroatoms. The van der Waals surface area contributed by atoms with Crippen LogP contribution in [0.5, 0.6) is 0 Å². The van der Waals surface area contributed by atoms with Crippen molar-refractivity contribution in [3.63, 3.8) is 0 Å². The third kappa shape index (κ3) is 2.33. The Morgan fingerprint density at radius 2 is 2.00 bits per heavy atom. The number of rotatable bonds is 3. The molecule has 86 valence electrons. The summed E-state index contributed by atoms with van der Waals surface area (Å²) in [6, 6.07) is 0.596. The number of carbonyl (C=O) groups excluding carboxylic acids is 1. The standard InChI is InChI=1S/C12H22N2O/c1-9(10-5-3-4-6-10)13-11-7-8-14(2)12(11)15/h9-11,13H,3-8H2,1-2H3/t9-,11?/m1/s1. The first-order valence-corrected chi connectivity index (χ1v) is 6.19. The third-order valence-electron chi connectivity index (χ3n) is 4.00. The van der Waals surface area contributed by atoms with Crippen LogP contribution in [0.3, 0.4) is 0 Å². The van der Waals surface area contributed by atoms with Crippen LogP contribution in [0.1, 0.15) is 39.0 Å². The van der Waals surface area contributed by atoms with E-state index in [1.54, 1.807) is 0 Å². The van der Waals surface area contributed by atoms with E-state index < -0.39 is 0 Å². The Morgan fingerprint density at radius 1 is 1.33 bits per heavy atom. The maximum absolute atomic E-state index is 11.7. The van der Waals surface area contributed by atoms with Crippen LogP contribution < -0.4 is 5.32 Å². The number of carbonyl (C=O) groups is 1. The maximum Gasteiger partial charge on any atom is 0.239 e. The second-order valence-electron chi connectivity index (χ2n) is 5.10. The maximum atomic E-state index is 11.7. The summed E-state index contributed by atoms with van der Waals surface area (Å²) >= 11 is 0. The molecule has 2 aliphatic rings. The van der Waals surface area contributed by atoms with Gasteiger partial charge in [0.25, 0.3) is 0 Å². The largest absolute Gasteiger partial charge is 0.344 e. The average molecular weight is 210 g/mol. The van der Waals surface area contributed by atoms with Gasteiger partial charge in [-0.25, -0.2) is 0 Å². The van der Waals surface area contributed by atoms with E-state index in [0.717, 1.165) is 18.9 Å². The molecule has 1 unspecified atom stereocenters. The number of nitrogens with zero attached hydrogens (tertiary/aromatic N) is 1. The topological polar surface area (TPSA) is 32.3 Å². The molecular formula is C12H22N2O. The molecule has 0 aromatic rings. The lowest BCUT2D eigenvalue weighted by atomic mass is 9.99. The minimum atomic E-state index is 0.0885. The number of nitrogens with one attached hydrogen (secondary N) is 1. The summed E-state index contributed by atoms with van der Waals surface area (Å²) in [7, 11) is 1.89. The average Bonchev–Trinajstić information content (AvgIpc) is 2.83. The number of amides is 1. The Hall–Kier alpha value is -0.570. The van der Waals surface area contributed by atoms with E-state index in [9.17, 15) is 4.79 Å². The van der Waals surface area contributed by atoms with E-state index >= 15 is 0 Å². The molecule has 0 aromatic heterocycles. The number of hydrogen-bond donors (Lipinski definition) is 1. The molecule has 2 rings (SSSR count). The third-order valence-corrected chi connectivity index (χ3v) is 4.00. The van der Waals surface area contributed by atoms with Gasteiger partial charge in [-0.05, 0) is 32.1 Å². The van der Waals surface area contributed by atoms with Crippen LogP contribution in [-0.4, -0.2) is 36.5 Å². The smallest absolute Gasteiger partial charge is 0.239 e. The highest BCUT2D eigenvalue weighted by Gasteiger charge is 2.32. The molecule has 1 aliphatic carbocycles. The number of hydrogen-bond acceptors (Lipinski definition) is 2. The highest BCUT2D eigenvalue weighted by molar-refractivity contribution is 5.83. The minimum Gasteiger partial charge on any atom is -0.344 e. The Labute approximate surface area is 92.2 Å². The summed E-state index contributed by atoms with van der Waals surface area (Å²) < 4.78 is 0. The van der Waals surface area contributed by atoms with E-state index in [2.05, 4.69) is 12.2 Å². The van der Waals surface area contributed by atoms with Gasteiger partial charge < -0.3 is 10.2 Å². The molecule has 1 aliphatic heterocycles. The monoisotopic (exact) mass is 210 g/mol. The van der Waals surface area contributed by atoms with Gasteiger partial charge in [-0.3, -0.25) is 4.79 Å². The molecule has 1 heterocycles. The molecule has 3 nitrogen and oxygen atoms in total. The van der Waals surface area contributed by atoms with Gasteiger partial charge in [0.15, 0.2) is 0 Å². The van der Waals surface area contributed by atoms with Crippen molar-refractivity contribution in [2.24, 2.45) is 5.92 Å². The molecule has 1 saturated heterocycles. The molecule has 2 fully saturated rings. The van der Waals surface area contributed by atoms with Crippen molar-refractivity contribution in [3.05, 3.63) is 0 Å². The Bertz CT molecular complexity index is 236. The van der Waals surface area contributed by atoms with Crippen molar-refractivity contribution in [1.82, 2.24) is 10.2 Å². The Kier molecular flexibility index (Phi) is 3.29. The van der Waals surface area contributed by atoms with Gasteiger partial charge in [-0.1, -0.05) is 12.8 Å². The Balaban J connectivity index is 1.83. The van der Waals surface area contributed by atoms with Crippen LogP contribution >= 0.6 is 0 Å². The molecule has 1 saturated carbocycles. The highest BCUT2D eigenvalue weighted by Crippen LogP contribution is 2.28. The highest BCUT2D eigenvalue weighted by atomic mass is 16.2. The molecular weight excluding hydrogens is 188 g/mol. The summed E-state index contributed by atoms with van der Waals surface area (Å²) in [5, 5.41) is 3.51. The van der Waals surface area contributed by atoms with Crippen molar-refractivity contribution in [1.29, 1.82) is 0 Å². The van der Waals surface area contributed by atoms with Crippen LogP contribution in [0.4, 0.5) is 0 Å². The van der Waals surface area contributed by atoms with Crippen LogP contribution in [0.15, 0.2) is 0 Å². The van der Waals surface area contributed by atoms with Crippen molar-refractivity contribution >= 4 is 5.91 Å². The summed E-state index contributed by atoms with van der Waals surface area (Å²) in [5.41, 5.74) is 0. The van der Waals surface area contributed by atoms with E-state index in [1.807, 2.05) is 11.9 Å². The lowest BCUT2D eigenvalue weighted by Gasteiger charge is -2.23. The Morgan fingerprint density at radius 3 is 2.53 bits per heavy atom. The van der Waals surface area contributed by atoms with Gasteiger partial charge in [-0.2, -0.15) is 0 Å². The van der Waals surface area contributed by atoms with Gasteiger partial charge in [0.05, 0.1) is 6.04 Å². The predicted molar refractivity (Wildman–Crippen MR) is 60.6 cm³/mol. The van der Waals surface area contributed by atoms with E-state index in [1.165, 1.54) is 25.7 Å². The van der Waals surface area contributed by atoms with Crippen LogP contribution in [0, 0.1) is 5.92 Å². The van der Waals surface area contributed by atoms with Gasteiger partial charge in [0.2, 0.25) is 5.91 Å². The first kappa shape index (κ1) is 10.9. The normalized spacial score (nSPS) is 30.1. The summed E-state index contributed by atoms with van der Waals surface area (Å²) in [6.45, 7) is 3.15. The van der Waals surface area contributed by atoms with Crippen LogP contribution in [-0.2, 0) is 4.79 Å². The van der Waals surface area contributed by atoms with E-state index in [-0.39, 0.29) is 11.9 Å².